The molecule has 6 heteroatoms. The molecule has 0 aliphatic carbocycles. The SMILES string of the molecule is CC(C)(C)[Si](C)(C)O[C@@](C)(CC(=O)N1C(=O)OC[C@@H]1Cc1ccccc1)c1ccccc1. The van der Waals surface area contributed by atoms with Gasteiger partial charge in [0.1, 0.15) is 6.61 Å². The lowest BCUT2D eigenvalue weighted by Gasteiger charge is -2.44. The van der Waals surface area contributed by atoms with Crippen molar-refractivity contribution in [1.82, 2.24) is 4.90 Å². The summed E-state index contributed by atoms with van der Waals surface area (Å²) in [6.45, 7) is 13.1. The fourth-order valence-corrected chi connectivity index (χ4v) is 5.50. The van der Waals surface area contributed by atoms with Gasteiger partial charge < -0.3 is 9.16 Å². The highest BCUT2D eigenvalue weighted by atomic mass is 28.4. The highest BCUT2D eigenvalue weighted by Gasteiger charge is 2.47. The highest BCUT2D eigenvalue weighted by Crippen LogP contribution is 2.43. The molecule has 1 saturated heterocycles. The normalized spacial score (nSPS) is 18.9. The number of benzene rings is 2. The second kappa shape index (κ2) is 9.20. The molecule has 1 aliphatic rings. The zero-order valence-electron chi connectivity index (χ0n) is 20.1. The number of hydrogen-bond acceptors (Lipinski definition) is 4. The number of nitrogens with zero attached hydrogens (tertiary/aromatic N) is 1. The first-order valence-corrected chi connectivity index (χ1v) is 14.1. The Hall–Kier alpha value is -2.44. The van der Waals surface area contributed by atoms with Crippen molar-refractivity contribution in [2.75, 3.05) is 6.61 Å². The van der Waals surface area contributed by atoms with Crippen LogP contribution >= 0.6 is 0 Å². The first-order chi connectivity index (χ1) is 14.9. The van der Waals surface area contributed by atoms with E-state index in [9.17, 15) is 9.59 Å². The number of hydrogen-bond donors (Lipinski definition) is 0. The lowest BCUT2D eigenvalue weighted by Crippen LogP contribution is -2.50. The summed E-state index contributed by atoms with van der Waals surface area (Å²) in [5.41, 5.74) is 1.16. The van der Waals surface area contributed by atoms with Crippen LogP contribution in [0, 0.1) is 0 Å². The van der Waals surface area contributed by atoms with E-state index in [1.807, 2.05) is 67.6 Å². The van der Waals surface area contributed by atoms with Gasteiger partial charge in [-0.25, -0.2) is 9.69 Å². The second-order valence-corrected chi connectivity index (χ2v) is 15.0. The first-order valence-electron chi connectivity index (χ1n) is 11.2. The molecule has 0 saturated carbocycles. The van der Waals surface area contributed by atoms with Gasteiger partial charge in [-0.05, 0) is 42.6 Å². The van der Waals surface area contributed by atoms with Crippen molar-refractivity contribution in [3.8, 4) is 0 Å². The van der Waals surface area contributed by atoms with Crippen LogP contribution in [0.15, 0.2) is 60.7 Å². The van der Waals surface area contributed by atoms with Crippen LogP contribution in [0.1, 0.15) is 45.2 Å². The number of carbonyl (C=O) groups excluding carboxylic acids is 2. The van der Waals surface area contributed by atoms with E-state index in [-0.39, 0.29) is 30.0 Å². The summed E-state index contributed by atoms with van der Waals surface area (Å²) in [7, 11) is -2.21. The second-order valence-electron chi connectivity index (χ2n) is 10.3. The van der Waals surface area contributed by atoms with Crippen LogP contribution in [-0.4, -0.2) is 37.9 Å². The minimum absolute atomic E-state index is 0.0193. The van der Waals surface area contributed by atoms with E-state index in [1.54, 1.807) is 0 Å². The van der Waals surface area contributed by atoms with Gasteiger partial charge in [0.25, 0.3) is 0 Å². The van der Waals surface area contributed by atoms with Gasteiger partial charge in [0, 0.05) is 0 Å². The summed E-state index contributed by atoms with van der Waals surface area (Å²) in [4.78, 5) is 27.4. The molecule has 5 nitrogen and oxygen atoms in total. The molecular weight excluding hydrogens is 418 g/mol. The number of imide groups is 1. The molecule has 1 aliphatic heterocycles. The summed E-state index contributed by atoms with van der Waals surface area (Å²) >= 11 is 0. The highest BCUT2D eigenvalue weighted by molar-refractivity contribution is 6.74. The summed E-state index contributed by atoms with van der Waals surface area (Å²) in [6.07, 6.45) is 0.0755. The summed E-state index contributed by atoms with van der Waals surface area (Å²) in [6, 6.07) is 19.4. The van der Waals surface area contributed by atoms with E-state index in [2.05, 4.69) is 33.9 Å². The van der Waals surface area contributed by atoms with Gasteiger partial charge in [0.2, 0.25) is 5.91 Å². The van der Waals surface area contributed by atoms with Crippen LogP contribution < -0.4 is 0 Å². The van der Waals surface area contributed by atoms with Crippen LogP contribution in [0.2, 0.25) is 18.1 Å². The van der Waals surface area contributed by atoms with E-state index < -0.39 is 20.0 Å². The van der Waals surface area contributed by atoms with Crippen molar-refractivity contribution < 1.29 is 18.8 Å². The molecule has 172 valence electrons. The van der Waals surface area contributed by atoms with Gasteiger partial charge in [-0.1, -0.05) is 81.4 Å². The van der Waals surface area contributed by atoms with Gasteiger partial charge in [-0.2, -0.15) is 0 Å². The smallest absolute Gasteiger partial charge is 0.416 e. The Morgan fingerprint density at radius 3 is 2.16 bits per heavy atom. The molecule has 32 heavy (non-hydrogen) atoms. The number of ether oxygens (including phenoxy) is 1. The molecule has 0 N–H and O–H groups in total. The van der Waals surface area contributed by atoms with E-state index >= 15 is 0 Å². The third-order valence-corrected chi connectivity index (χ3v) is 11.3. The fraction of sp³-hybridized carbons (Fsp3) is 0.462. The molecule has 0 unspecified atom stereocenters. The third kappa shape index (κ3) is 5.30. The van der Waals surface area contributed by atoms with Crippen molar-refractivity contribution in [1.29, 1.82) is 0 Å². The Morgan fingerprint density at radius 1 is 1.03 bits per heavy atom. The van der Waals surface area contributed by atoms with Crippen molar-refractivity contribution in [2.24, 2.45) is 0 Å². The molecule has 3 rings (SSSR count). The molecule has 0 radical (unpaired) electrons. The van der Waals surface area contributed by atoms with Crippen molar-refractivity contribution in [2.45, 2.75) is 70.3 Å². The quantitative estimate of drug-likeness (QED) is 0.490. The van der Waals surface area contributed by atoms with Gasteiger partial charge in [-0.3, -0.25) is 4.79 Å². The summed E-state index contributed by atoms with van der Waals surface area (Å²) < 4.78 is 12.1. The number of amides is 2. The average molecular weight is 454 g/mol. The molecule has 1 fully saturated rings. The van der Waals surface area contributed by atoms with Gasteiger partial charge in [0.15, 0.2) is 8.32 Å². The average Bonchev–Trinajstić information content (AvgIpc) is 3.08. The number of cyclic esters (lactones) is 1. The molecule has 2 aromatic rings. The van der Waals surface area contributed by atoms with Crippen LogP contribution in [0.3, 0.4) is 0 Å². The molecule has 1 heterocycles. The number of rotatable bonds is 7. The van der Waals surface area contributed by atoms with Gasteiger partial charge in [-0.15, -0.1) is 0 Å². The Balaban J connectivity index is 1.88. The van der Waals surface area contributed by atoms with E-state index in [0.717, 1.165) is 11.1 Å². The first kappa shape index (κ1) is 24.2. The topological polar surface area (TPSA) is 55.8 Å². The van der Waals surface area contributed by atoms with E-state index in [0.29, 0.717) is 6.42 Å². The molecule has 0 bridgehead atoms. The molecule has 2 aromatic carbocycles. The molecule has 0 spiro atoms. The Morgan fingerprint density at radius 2 is 1.59 bits per heavy atom. The van der Waals surface area contributed by atoms with Gasteiger partial charge in [0.05, 0.1) is 18.1 Å². The Labute approximate surface area is 192 Å². The Bertz CT molecular complexity index is 939. The van der Waals surface area contributed by atoms with Crippen molar-refractivity contribution >= 4 is 20.3 Å². The van der Waals surface area contributed by atoms with E-state index in [1.165, 1.54) is 4.90 Å². The van der Waals surface area contributed by atoms with Crippen molar-refractivity contribution in [3.63, 3.8) is 0 Å². The predicted molar refractivity (Wildman–Crippen MR) is 129 cm³/mol. The molecular formula is C26H35NO4Si. The molecule has 2 atom stereocenters. The largest absolute Gasteiger partial charge is 0.447 e. The summed E-state index contributed by atoms with van der Waals surface area (Å²) in [5, 5.41) is -0.0193. The zero-order chi connectivity index (χ0) is 23.6. The predicted octanol–water partition coefficient (Wildman–Crippen LogP) is 5.90. The minimum atomic E-state index is -2.21. The van der Waals surface area contributed by atoms with Gasteiger partial charge >= 0.3 is 6.09 Å². The molecule has 0 aromatic heterocycles. The minimum Gasteiger partial charge on any atom is -0.447 e. The number of carbonyl (C=O) groups is 2. The Kier molecular flexibility index (Phi) is 6.96. The lowest BCUT2D eigenvalue weighted by atomic mass is 9.91. The lowest BCUT2D eigenvalue weighted by molar-refractivity contribution is -0.133. The maximum absolute atomic E-state index is 13.5. The van der Waals surface area contributed by atoms with Crippen LogP contribution in [-0.2, 0) is 26.0 Å². The van der Waals surface area contributed by atoms with Crippen LogP contribution in [0.25, 0.3) is 0 Å². The van der Waals surface area contributed by atoms with Crippen molar-refractivity contribution in [3.05, 3.63) is 71.8 Å². The maximum atomic E-state index is 13.5. The summed E-state index contributed by atoms with van der Waals surface area (Å²) in [5.74, 6) is -0.265. The molecule has 2 amide bonds. The zero-order valence-corrected chi connectivity index (χ0v) is 21.1. The fourth-order valence-electron chi connectivity index (χ4n) is 3.88. The maximum Gasteiger partial charge on any atom is 0.416 e. The van der Waals surface area contributed by atoms with Crippen LogP contribution in [0.5, 0.6) is 0 Å². The standard InChI is InChI=1S/C26H35NO4Si/c1-25(2,3)32(5,6)31-26(4,21-15-11-8-12-16-21)18-23(28)27-22(19-30-24(27)29)17-20-13-9-7-10-14-20/h7-16,22H,17-19H2,1-6H3/t22-,26-/m0/s1. The van der Waals surface area contributed by atoms with Crippen LogP contribution in [0.4, 0.5) is 4.79 Å². The third-order valence-electron chi connectivity index (χ3n) is 6.70. The van der Waals surface area contributed by atoms with E-state index in [4.69, 9.17) is 9.16 Å². The monoisotopic (exact) mass is 453 g/mol.